The van der Waals surface area contributed by atoms with Crippen molar-refractivity contribution in [1.29, 1.82) is 0 Å². The van der Waals surface area contributed by atoms with Crippen LogP contribution in [0.15, 0.2) is 12.4 Å². The molecule has 0 bridgehead atoms. The monoisotopic (exact) mass is 241 g/mol. The molecule has 2 unspecified atom stereocenters. The second-order valence-electron chi connectivity index (χ2n) is 3.86. The Morgan fingerprint density at radius 2 is 2.18 bits per heavy atom. The first kappa shape index (κ1) is 11.7. The Bertz CT molecular complexity index is 412. The fourth-order valence-corrected chi connectivity index (χ4v) is 1.80. The average Bonchev–Trinajstić information content (AvgIpc) is 2.78. The number of hydrogen-bond acceptors (Lipinski definition) is 5. The molecule has 0 aromatic carbocycles. The van der Waals surface area contributed by atoms with E-state index >= 15 is 0 Å². The Kier molecular flexibility index (Phi) is 3.19. The molecule has 0 amide bonds. The van der Waals surface area contributed by atoms with Crippen molar-refractivity contribution in [2.24, 2.45) is 5.92 Å². The van der Waals surface area contributed by atoms with Crippen molar-refractivity contribution in [3.05, 3.63) is 18.2 Å². The zero-order valence-electron chi connectivity index (χ0n) is 9.21. The van der Waals surface area contributed by atoms with E-state index in [4.69, 9.17) is 9.84 Å². The van der Waals surface area contributed by atoms with E-state index < -0.39 is 17.7 Å². The first-order chi connectivity index (χ1) is 8.09. The van der Waals surface area contributed by atoms with Crippen LogP contribution in [0.2, 0.25) is 0 Å². The van der Waals surface area contributed by atoms with Gasteiger partial charge in [0.1, 0.15) is 5.92 Å². The fraction of sp³-hybridized carbons (Fsp3) is 0.500. The van der Waals surface area contributed by atoms with Crippen LogP contribution in [0.5, 0.6) is 0 Å². The number of nitrogens with zero attached hydrogens (tertiary/aromatic N) is 3. The molecule has 2 heterocycles. The highest BCUT2D eigenvalue weighted by molar-refractivity contribution is 5.72. The predicted octanol–water partition coefficient (Wildman–Crippen LogP) is 0.151. The summed E-state index contributed by atoms with van der Waals surface area (Å²) in [5.41, 5.74) is 0. The van der Waals surface area contributed by atoms with E-state index in [1.54, 1.807) is 11.9 Å². The molecule has 2 rings (SSSR count). The highest BCUT2D eigenvalue weighted by Crippen LogP contribution is 2.21. The van der Waals surface area contributed by atoms with Gasteiger partial charge in [0.2, 0.25) is 5.95 Å². The van der Waals surface area contributed by atoms with Crippen molar-refractivity contribution in [3.63, 3.8) is 0 Å². The first-order valence-corrected chi connectivity index (χ1v) is 5.10. The number of anilines is 1. The van der Waals surface area contributed by atoms with Gasteiger partial charge < -0.3 is 14.7 Å². The molecule has 1 fully saturated rings. The van der Waals surface area contributed by atoms with Gasteiger partial charge in [0.15, 0.2) is 5.82 Å². The largest absolute Gasteiger partial charge is 0.481 e. The summed E-state index contributed by atoms with van der Waals surface area (Å²) in [4.78, 5) is 20.2. The Morgan fingerprint density at radius 3 is 2.76 bits per heavy atom. The molecule has 1 aromatic rings. The van der Waals surface area contributed by atoms with Gasteiger partial charge in [0.05, 0.1) is 31.6 Å². The smallest absolute Gasteiger partial charge is 0.311 e. The fourth-order valence-electron chi connectivity index (χ4n) is 1.80. The van der Waals surface area contributed by atoms with Gasteiger partial charge in [-0.05, 0) is 0 Å². The Morgan fingerprint density at radius 1 is 1.53 bits per heavy atom. The quantitative estimate of drug-likeness (QED) is 0.812. The molecular formula is C10H12FN3O3. The van der Waals surface area contributed by atoms with Gasteiger partial charge in [-0.15, -0.1) is 0 Å². The van der Waals surface area contributed by atoms with E-state index in [-0.39, 0.29) is 18.6 Å². The van der Waals surface area contributed by atoms with Crippen molar-refractivity contribution >= 4 is 11.9 Å². The molecule has 2 atom stereocenters. The van der Waals surface area contributed by atoms with Crippen LogP contribution in [0.25, 0.3) is 0 Å². The van der Waals surface area contributed by atoms with Gasteiger partial charge in [0, 0.05) is 7.05 Å². The molecule has 17 heavy (non-hydrogen) atoms. The molecule has 1 aliphatic rings. The molecule has 1 saturated heterocycles. The lowest BCUT2D eigenvalue weighted by Gasteiger charge is -2.25. The summed E-state index contributed by atoms with van der Waals surface area (Å²) in [7, 11) is 1.67. The van der Waals surface area contributed by atoms with Gasteiger partial charge in [-0.2, -0.15) is 0 Å². The lowest BCUT2D eigenvalue weighted by Crippen LogP contribution is -2.41. The Labute approximate surface area is 97.0 Å². The maximum Gasteiger partial charge on any atom is 0.311 e. The summed E-state index contributed by atoms with van der Waals surface area (Å²) >= 11 is 0. The number of likely N-dealkylation sites (N-methyl/N-ethyl adjacent to an activating group) is 1. The molecule has 1 N–H and O–H groups in total. The third-order valence-electron chi connectivity index (χ3n) is 2.79. The SMILES string of the molecule is CN(c1ncc(F)cn1)C1COCC1C(=O)O. The third-order valence-corrected chi connectivity index (χ3v) is 2.79. The highest BCUT2D eigenvalue weighted by atomic mass is 19.1. The van der Waals surface area contributed by atoms with Crippen molar-refractivity contribution < 1.29 is 19.0 Å². The number of aromatic nitrogens is 2. The predicted molar refractivity (Wildman–Crippen MR) is 56.1 cm³/mol. The van der Waals surface area contributed by atoms with Crippen LogP contribution >= 0.6 is 0 Å². The summed E-state index contributed by atoms with van der Waals surface area (Å²) in [5, 5.41) is 9.02. The highest BCUT2D eigenvalue weighted by Gasteiger charge is 2.37. The normalized spacial score (nSPS) is 23.6. The number of rotatable bonds is 3. The van der Waals surface area contributed by atoms with Crippen LogP contribution in [-0.4, -0.2) is 47.3 Å². The van der Waals surface area contributed by atoms with Crippen LogP contribution in [-0.2, 0) is 9.53 Å². The van der Waals surface area contributed by atoms with Gasteiger partial charge in [-0.1, -0.05) is 0 Å². The Hall–Kier alpha value is -1.76. The van der Waals surface area contributed by atoms with E-state index in [0.717, 1.165) is 12.4 Å². The Balaban J connectivity index is 2.16. The van der Waals surface area contributed by atoms with Crippen LogP contribution in [0, 0.1) is 11.7 Å². The maximum atomic E-state index is 12.7. The number of hydrogen-bond donors (Lipinski definition) is 1. The van der Waals surface area contributed by atoms with E-state index in [1.807, 2.05) is 0 Å². The molecule has 6 nitrogen and oxygen atoms in total. The summed E-state index contributed by atoms with van der Waals surface area (Å²) < 4.78 is 17.8. The number of carboxylic acids is 1. The minimum atomic E-state index is -0.915. The van der Waals surface area contributed by atoms with Crippen molar-refractivity contribution in [2.45, 2.75) is 6.04 Å². The molecule has 0 aliphatic carbocycles. The van der Waals surface area contributed by atoms with Gasteiger partial charge >= 0.3 is 5.97 Å². The van der Waals surface area contributed by atoms with Crippen LogP contribution in [0.1, 0.15) is 0 Å². The van der Waals surface area contributed by atoms with Gasteiger partial charge in [0.25, 0.3) is 0 Å². The zero-order chi connectivity index (χ0) is 12.4. The van der Waals surface area contributed by atoms with Gasteiger partial charge in [-0.25, -0.2) is 14.4 Å². The topological polar surface area (TPSA) is 75.5 Å². The first-order valence-electron chi connectivity index (χ1n) is 5.10. The number of carbonyl (C=O) groups is 1. The number of aliphatic carboxylic acids is 1. The molecule has 0 radical (unpaired) electrons. The number of ether oxygens (including phenoxy) is 1. The minimum absolute atomic E-state index is 0.172. The standard InChI is InChI=1S/C10H12FN3O3/c1-14(10-12-2-6(11)3-13-10)8-5-17-4-7(8)9(15)16/h2-3,7-8H,4-5H2,1H3,(H,15,16). The lowest BCUT2D eigenvalue weighted by atomic mass is 10.0. The number of carboxylic acid groups (broad SMARTS) is 1. The molecular weight excluding hydrogens is 229 g/mol. The minimum Gasteiger partial charge on any atom is -0.481 e. The summed E-state index contributed by atoms with van der Waals surface area (Å²) in [5.74, 6) is -1.78. The molecule has 0 saturated carbocycles. The maximum absolute atomic E-state index is 12.7. The third kappa shape index (κ3) is 2.33. The molecule has 0 spiro atoms. The van der Waals surface area contributed by atoms with Crippen molar-refractivity contribution in [2.75, 3.05) is 25.2 Å². The van der Waals surface area contributed by atoms with E-state index in [9.17, 15) is 9.18 Å². The summed E-state index contributed by atoms with van der Waals surface area (Å²) in [6, 6.07) is -0.335. The summed E-state index contributed by atoms with van der Waals surface area (Å²) in [6.45, 7) is 0.472. The van der Waals surface area contributed by atoms with E-state index in [0.29, 0.717) is 6.61 Å². The summed E-state index contributed by atoms with van der Waals surface area (Å²) in [6.07, 6.45) is 2.09. The second-order valence-corrected chi connectivity index (χ2v) is 3.86. The molecule has 92 valence electrons. The zero-order valence-corrected chi connectivity index (χ0v) is 9.21. The van der Waals surface area contributed by atoms with Crippen LogP contribution < -0.4 is 4.90 Å². The second kappa shape index (κ2) is 4.62. The lowest BCUT2D eigenvalue weighted by molar-refractivity contribution is -0.141. The number of halogens is 1. The van der Waals surface area contributed by atoms with Crippen molar-refractivity contribution in [3.8, 4) is 0 Å². The van der Waals surface area contributed by atoms with Crippen molar-refractivity contribution in [1.82, 2.24) is 9.97 Å². The average molecular weight is 241 g/mol. The molecule has 1 aliphatic heterocycles. The molecule has 1 aromatic heterocycles. The van der Waals surface area contributed by atoms with Crippen LogP contribution in [0.3, 0.4) is 0 Å². The van der Waals surface area contributed by atoms with E-state index in [2.05, 4.69) is 9.97 Å². The molecule has 7 heteroatoms. The van der Waals surface area contributed by atoms with Gasteiger partial charge in [-0.3, -0.25) is 4.79 Å². The van der Waals surface area contributed by atoms with E-state index in [1.165, 1.54) is 0 Å². The van der Waals surface area contributed by atoms with Crippen LogP contribution in [0.4, 0.5) is 10.3 Å².